The molecule has 17 heavy (non-hydrogen) atoms. The van der Waals surface area contributed by atoms with Crippen LogP contribution in [0.1, 0.15) is 11.1 Å². The zero-order valence-corrected chi connectivity index (χ0v) is 12.9. The molecular weight excluding hydrogens is 348 g/mol. The van der Waals surface area contributed by atoms with Crippen LogP contribution in [0.15, 0.2) is 21.1 Å². The summed E-state index contributed by atoms with van der Waals surface area (Å²) in [6, 6.07) is 4.06. The monoisotopic (exact) mass is 360 g/mol. The van der Waals surface area contributed by atoms with Crippen LogP contribution >= 0.6 is 31.9 Å². The van der Waals surface area contributed by atoms with Crippen LogP contribution in [0.25, 0.3) is 0 Å². The molecule has 2 rings (SSSR count). The lowest BCUT2D eigenvalue weighted by Gasteiger charge is -2.11. The first kappa shape index (κ1) is 13.1. The molecule has 1 saturated heterocycles. The number of hydrogen-bond acceptors (Lipinski definition) is 2. The maximum Gasteiger partial charge on any atom is 0.240 e. The fourth-order valence-corrected chi connectivity index (χ4v) is 3.17. The van der Waals surface area contributed by atoms with Crippen molar-refractivity contribution in [3.8, 4) is 0 Å². The van der Waals surface area contributed by atoms with Crippen LogP contribution in [0.2, 0.25) is 0 Å². The van der Waals surface area contributed by atoms with E-state index >= 15 is 0 Å². The Morgan fingerprint density at radius 2 is 2.00 bits per heavy atom. The molecule has 0 unspecified atom stereocenters. The number of carbonyl (C=O) groups excluding carboxylic acids is 1. The highest BCUT2D eigenvalue weighted by atomic mass is 79.9. The summed E-state index contributed by atoms with van der Waals surface area (Å²) in [4.78, 5) is 13.5. The van der Waals surface area contributed by atoms with Crippen molar-refractivity contribution in [1.82, 2.24) is 10.2 Å². The predicted octanol–water partition coefficient (Wildman–Crippen LogP) is 2.45. The highest BCUT2D eigenvalue weighted by Crippen LogP contribution is 2.27. The zero-order chi connectivity index (χ0) is 12.6. The van der Waals surface area contributed by atoms with Crippen LogP contribution in [0.4, 0.5) is 0 Å². The molecule has 1 N–H and O–H groups in total. The second-order valence-electron chi connectivity index (χ2n) is 4.34. The van der Waals surface area contributed by atoms with Gasteiger partial charge in [0.25, 0.3) is 0 Å². The summed E-state index contributed by atoms with van der Waals surface area (Å²) in [5.41, 5.74) is 2.33. The first-order chi connectivity index (χ1) is 7.99. The molecule has 1 atom stereocenters. The number of nitrogens with zero attached hydrogens (tertiary/aromatic N) is 1. The number of likely N-dealkylation sites (N-methyl/N-ethyl adjacent to an activating group) is 1. The van der Waals surface area contributed by atoms with E-state index in [-0.39, 0.29) is 11.9 Å². The average molecular weight is 362 g/mol. The van der Waals surface area contributed by atoms with Gasteiger partial charge in [0.2, 0.25) is 5.91 Å². The van der Waals surface area contributed by atoms with Gasteiger partial charge in [-0.05, 0) is 36.6 Å². The molecule has 0 aromatic heterocycles. The van der Waals surface area contributed by atoms with Gasteiger partial charge in [-0.3, -0.25) is 10.1 Å². The first-order valence-electron chi connectivity index (χ1n) is 5.42. The van der Waals surface area contributed by atoms with Gasteiger partial charge in [-0.25, -0.2) is 0 Å². The smallest absolute Gasteiger partial charge is 0.240 e. The molecule has 1 fully saturated rings. The average Bonchev–Trinajstić information content (AvgIpc) is 2.58. The van der Waals surface area contributed by atoms with E-state index in [1.165, 1.54) is 5.56 Å². The lowest BCUT2D eigenvalue weighted by atomic mass is 10.0. The van der Waals surface area contributed by atoms with E-state index in [4.69, 9.17) is 0 Å². The lowest BCUT2D eigenvalue weighted by Crippen LogP contribution is -2.31. The highest BCUT2D eigenvalue weighted by Gasteiger charge is 2.28. The minimum Gasteiger partial charge on any atom is -0.332 e. The van der Waals surface area contributed by atoms with Crippen molar-refractivity contribution in [1.29, 1.82) is 0 Å². The zero-order valence-electron chi connectivity index (χ0n) is 9.76. The third-order valence-electron chi connectivity index (χ3n) is 3.03. The van der Waals surface area contributed by atoms with Gasteiger partial charge in [0.1, 0.15) is 0 Å². The lowest BCUT2D eigenvalue weighted by molar-refractivity contribution is -0.127. The number of benzene rings is 1. The molecule has 0 saturated carbocycles. The van der Waals surface area contributed by atoms with Gasteiger partial charge >= 0.3 is 0 Å². The minimum absolute atomic E-state index is 0.0958. The van der Waals surface area contributed by atoms with E-state index in [2.05, 4.69) is 49.3 Å². The highest BCUT2D eigenvalue weighted by molar-refractivity contribution is 9.11. The van der Waals surface area contributed by atoms with Gasteiger partial charge in [-0.2, -0.15) is 0 Å². The number of amides is 1. The summed E-state index contributed by atoms with van der Waals surface area (Å²) in [6.45, 7) is 2.68. The Hall–Kier alpha value is -0.390. The third-order valence-corrected chi connectivity index (χ3v) is 4.68. The molecule has 3 nitrogen and oxygen atoms in total. The quantitative estimate of drug-likeness (QED) is 0.877. The maximum atomic E-state index is 11.8. The Morgan fingerprint density at radius 1 is 1.41 bits per heavy atom. The number of halogens is 2. The van der Waals surface area contributed by atoms with Crippen LogP contribution in [0.5, 0.6) is 0 Å². The fraction of sp³-hybridized carbons (Fsp3) is 0.417. The Labute approximate surface area is 118 Å². The fourth-order valence-electron chi connectivity index (χ4n) is 1.89. The number of carbonyl (C=O) groups is 1. The largest absolute Gasteiger partial charge is 0.332 e. The molecule has 0 spiro atoms. The normalized spacial score (nSPS) is 20.1. The van der Waals surface area contributed by atoms with Crippen molar-refractivity contribution >= 4 is 37.8 Å². The van der Waals surface area contributed by atoms with Gasteiger partial charge in [-0.1, -0.05) is 31.9 Å². The van der Waals surface area contributed by atoms with Gasteiger partial charge in [-0.15, -0.1) is 0 Å². The topological polar surface area (TPSA) is 32.3 Å². The second-order valence-corrected chi connectivity index (χ2v) is 6.05. The van der Waals surface area contributed by atoms with Gasteiger partial charge in [0.15, 0.2) is 0 Å². The molecule has 0 aliphatic carbocycles. The number of hydrogen-bond donors (Lipinski definition) is 1. The molecule has 1 aromatic rings. The Kier molecular flexibility index (Phi) is 3.90. The molecule has 1 heterocycles. The summed E-state index contributed by atoms with van der Waals surface area (Å²) < 4.78 is 2.14. The van der Waals surface area contributed by atoms with Crippen molar-refractivity contribution < 1.29 is 4.79 Å². The SMILES string of the molecule is Cc1c(Br)cc(C[C@@H]2NCN(C)C2=O)cc1Br. The van der Waals surface area contributed by atoms with E-state index in [9.17, 15) is 4.79 Å². The van der Waals surface area contributed by atoms with Crippen molar-refractivity contribution in [3.05, 3.63) is 32.2 Å². The molecule has 0 bridgehead atoms. The van der Waals surface area contributed by atoms with Crippen LogP contribution in [0, 0.1) is 6.92 Å². The predicted molar refractivity (Wildman–Crippen MR) is 74.8 cm³/mol. The first-order valence-corrected chi connectivity index (χ1v) is 7.00. The Balaban J connectivity index is 2.17. The van der Waals surface area contributed by atoms with Crippen LogP contribution < -0.4 is 5.32 Å². The van der Waals surface area contributed by atoms with E-state index in [0.29, 0.717) is 6.67 Å². The van der Waals surface area contributed by atoms with Crippen LogP contribution in [-0.2, 0) is 11.2 Å². The standard InChI is InChI=1S/C12H14Br2N2O/c1-7-9(13)3-8(4-10(7)14)5-11-12(17)16(2)6-15-11/h3-4,11,15H,5-6H2,1-2H3/t11-/m0/s1. The summed E-state index contributed by atoms with van der Waals surface area (Å²) in [6.07, 6.45) is 0.723. The Bertz CT molecular complexity index is 439. The summed E-state index contributed by atoms with van der Waals surface area (Å²) >= 11 is 7.05. The third kappa shape index (κ3) is 2.72. The van der Waals surface area contributed by atoms with E-state index < -0.39 is 0 Å². The van der Waals surface area contributed by atoms with E-state index in [1.807, 2.05) is 14.0 Å². The van der Waals surface area contributed by atoms with Gasteiger partial charge in [0, 0.05) is 16.0 Å². The van der Waals surface area contributed by atoms with Crippen LogP contribution in [-0.4, -0.2) is 30.6 Å². The second kappa shape index (κ2) is 5.08. The van der Waals surface area contributed by atoms with Crippen molar-refractivity contribution in [2.45, 2.75) is 19.4 Å². The Morgan fingerprint density at radius 3 is 2.47 bits per heavy atom. The molecule has 5 heteroatoms. The van der Waals surface area contributed by atoms with E-state index in [1.54, 1.807) is 4.90 Å². The molecule has 1 aliphatic rings. The van der Waals surface area contributed by atoms with Crippen LogP contribution in [0.3, 0.4) is 0 Å². The van der Waals surface area contributed by atoms with Crippen molar-refractivity contribution in [2.75, 3.05) is 13.7 Å². The summed E-state index contributed by atoms with van der Waals surface area (Å²) in [5, 5.41) is 3.20. The molecule has 92 valence electrons. The number of rotatable bonds is 2. The van der Waals surface area contributed by atoms with E-state index in [0.717, 1.165) is 20.9 Å². The molecular formula is C12H14Br2N2O. The van der Waals surface area contributed by atoms with Gasteiger partial charge in [0.05, 0.1) is 12.7 Å². The maximum absolute atomic E-state index is 11.8. The molecule has 0 radical (unpaired) electrons. The minimum atomic E-state index is -0.0958. The van der Waals surface area contributed by atoms with Crippen molar-refractivity contribution in [2.24, 2.45) is 0 Å². The van der Waals surface area contributed by atoms with Crippen molar-refractivity contribution in [3.63, 3.8) is 0 Å². The summed E-state index contributed by atoms with van der Waals surface area (Å²) in [5.74, 6) is 0.165. The number of nitrogens with one attached hydrogen (secondary N) is 1. The molecule has 1 aromatic carbocycles. The van der Waals surface area contributed by atoms with Gasteiger partial charge < -0.3 is 4.90 Å². The summed E-state index contributed by atoms with van der Waals surface area (Å²) in [7, 11) is 1.82. The molecule has 1 aliphatic heterocycles. The molecule has 1 amide bonds.